The number of ether oxygens (including phenoxy) is 2. The lowest BCUT2D eigenvalue weighted by molar-refractivity contribution is 0.160. The van der Waals surface area contributed by atoms with E-state index in [1.54, 1.807) is 12.1 Å². The van der Waals surface area contributed by atoms with Crippen LogP contribution < -0.4 is 15.0 Å². The second-order valence-electron chi connectivity index (χ2n) is 2.64. The first-order chi connectivity index (χ1) is 6.72. The van der Waals surface area contributed by atoms with E-state index >= 15 is 0 Å². The summed E-state index contributed by atoms with van der Waals surface area (Å²) in [6, 6.07) is 3.35. The number of hydrogen-bond acceptors (Lipinski definition) is 4. The van der Waals surface area contributed by atoms with Crippen LogP contribution in [0.3, 0.4) is 0 Å². The van der Waals surface area contributed by atoms with Crippen LogP contribution in [0.2, 0.25) is 5.02 Å². The fourth-order valence-corrected chi connectivity index (χ4v) is 1.45. The van der Waals surface area contributed by atoms with Crippen molar-refractivity contribution in [3.63, 3.8) is 0 Å². The van der Waals surface area contributed by atoms with E-state index in [1.165, 1.54) is 14.2 Å². The predicted molar refractivity (Wildman–Crippen MR) is 53.2 cm³/mol. The van der Waals surface area contributed by atoms with Crippen LogP contribution in [0.4, 0.5) is 0 Å². The molecule has 0 aliphatic heterocycles. The van der Waals surface area contributed by atoms with Crippen LogP contribution in [-0.4, -0.2) is 19.4 Å². The molecule has 5 heteroatoms. The van der Waals surface area contributed by atoms with Crippen molar-refractivity contribution in [1.29, 1.82) is 0 Å². The topological polar surface area (TPSA) is 50.7 Å². The van der Waals surface area contributed by atoms with Crippen LogP contribution in [0, 0.1) is 0 Å². The van der Waals surface area contributed by atoms with E-state index in [-0.39, 0.29) is 6.54 Å². The summed E-state index contributed by atoms with van der Waals surface area (Å²) in [5.41, 5.74) is 2.78. The zero-order valence-corrected chi connectivity index (χ0v) is 8.76. The van der Waals surface area contributed by atoms with Crippen LogP contribution >= 0.6 is 11.6 Å². The van der Waals surface area contributed by atoms with Gasteiger partial charge in [-0.2, -0.15) is 0 Å². The minimum atomic E-state index is 0.250. The molecule has 0 spiro atoms. The van der Waals surface area contributed by atoms with Gasteiger partial charge in [-0.3, -0.25) is 0 Å². The molecule has 2 N–H and O–H groups in total. The highest BCUT2D eigenvalue weighted by atomic mass is 35.5. The summed E-state index contributed by atoms with van der Waals surface area (Å²) >= 11 is 5.85. The van der Waals surface area contributed by atoms with E-state index in [0.29, 0.717) is 16.5 Å². The average Bonchev–Trinajstić information content (AvgIpc) is 2.17. The summed E-state index contributed by atoms with van der Waals surface area (Å²) in [5.74, 6) is 1.11. The first-order valence-corrected chi connectivity index (χ1v) is 4.38. The van der Waals surface area contributed by atoms with E-state index in [9.17, 15) is 0 Å². The molecule has 0 aliphatic carbocycles. The number of halogens is 1. The van der Waals surface area contributed by atoms with Gasteiger partial charge in [-0.25, -0.2) is 5.48 Å². The lowest BCUT2D eigenvalue weighted by Gasteiger charge is -2.12. The Morgan fingerprint density at radius 3 is 2.57 bits per heavy atom. The van der Waals surface area contributed by atoms with Gasteiger partial charge in [0.25, 0.3) is 0 Å². The Hall–Kier alpha value is -0.970. The second-order valence-corrected chi connectivity index (χ2v) is 3.07. The first-order valence-electron chi connectivity index (χ1n) is 4.00. The average molecular weight is 218 g/mol. The Balaban J connectivity index is 3.17. The van der Waals surface area contributed by atoms with Gasteiger partial charge in [-0.1, -0.05) is 11.6 Å². The molecule has 0 atom stereocenters. The Morgan fingerprint density at radius 1 is 1.36 bits per heavy atom. The van der Waals surface area contributed by atoms with Crippen molar-refractivity contribution in [3.05, 3.63) is 22.7 Å². The molecule has 1 aromatic carbocycles. The molecule has 0 amide bonds. The molecule has 0 saturated heterocycles. The number of hydroxylamine groups is 1. The normalized spacial score (nSPS) is 10.0. The van der Waals surface area contributed by atoms with E-state index in [0.717, 1.165) is 5.56 Å². The minimum Gasteiger partial charge on any atom is -0.493 e. The van der Waals surface area contributed by atoms with Crippen LogP contribution in [0.1, 0.15) is 5.56 Å². The maximum Gasteiger partial charge on any atom is 0.165 e. The van der Waals surface area contributed by atoms with Crippen LogP contribution in [0.5, 0.6) is 11.5 Å². The van der Waals surface area contributed by atoms with Crippen molar-refractivity contribution in [1.82, 2.24) is 5.48 Å². The molecule has 0 heterocycles. The Bertz CT molecular complexity index is 317. The third kappa shape index (κ3) is 2.29. The fourth-order valence-electron chi connectivity index (χ4n) is 1.22. The Labute approximate surface area is 87.4 Å². The molecular weight excluding hydrogens is 206 g/mol. The molecule has 0 radical (unpaired) electrons. The van der Waals surface area contributed by atoms with Crippen molar-refractivity contribution in [3.8, 4) is 11.5 Å². The van der Waals surface area contributed by atoms with Crippen molar-refractivity contribution in [2.24, 2.45) is 0 Å². The smallest absolute Gasteiger partial charge is 0.165 e. The molecule has 0 bridgehead atoms. The van der Waals surface area contributed by atoms with Gasteiger partial charge in [0.1, 0.15) is 0 Å². The molecule has 1 aromatic rings. The van der Waals surface area contributed by atoms with E-state index in [1.807, 2.05) is 5.48 Å². The third-order valence-corrected chi connectivity index (χ3v) is 2.01. The van der Waals surface area contributed by atoms with Gasteiger partial charge < -0.3 is 14.7 Å². The van der Waals surface area contributed by atoms with E-state index in [2.05, 4.69) is 0 Å². The number of methoxy groups -OCH3 is 2. The van der Waals surface area contributed by atoms with Crippen molar-refractivity contribution in [2.45, 2.75) is 6.54 Å². The van der Waals surface area contributed by atoms with Gasteiger partial charge in [0.15, 0.2) is 11.5 Å². The molecule has 0 saturated carbocycles. The van der Waals surface area contributed by atoms with Gasteiger partial charge in [0.2, 0.25) is 0 Å². The molecule has 0 fully saturated rings. The Morgan fingerprint density at radius 2 is 2.07 bits per heavy atom. The predicted octanol–water partition coefficient (Wildman–Crippen LogP) is 1.84. The standard InChI is InChI=1S/C9H12ClNO3/c1-13-8-4-7(10)3-6(5-11-12)9(8)14-2/h3-4,11-12H,5H2,1-2H3. The number of rotatable bonds is 4. The van der Waals surface area contributed by atoms with Crippen molar-refractivity contribution < 1.29 is 14.7 Å². The zero-order chi connectivity index (χ0) is 10.6. The molecule has 0 aliphatic rings. The van der Waals surface area contributed by atoms with Gasteiger partial charge >= 0.3 is 0 Å². The summed E-state index contributed by atoms with van der Waals surface area (Å²) in [6.45, 7) is 0.250. The lowest BCUT2D eigenvalue weighted by Crippen LogP contribution is -2.08. The molecule has 78 valence electrons. The molecule has 0 aromatic heterocycles. The number of hydrogen-bond donors (Lipinski definition) is 2. The summed E-state index contributed by atoms with van der Waals surface area (Å²) in [6.07, 6.45) is 0. The second kappa shape index (κ2) is 5.05. The van der Waals surface area contributed by atoms with Crippen LogP contribution in [0.15, 0.2) is 12.1 Å². The number of nitrogens with one attached hydrogen (secondary N) is 1. The largest absolute Gasteiger partial charge is 0.493 e. The highest BCUT2D eigenvalue weighted by molar-refractivity contribution is 6.30. The summed E-state index contributed by atoms with van der Waals surface area (Å²) in [7, 11) is 3.07. The highest BCUT2D eigenvalue weighted by Crippen LogP contribution is 2.34. The molecule has 1 rings (SSSR count). The van der Waals surface area contributed by atoms with Crippen molar-refractivity contribution in [2.75, 3.05) is 14.2 Å². The lowest BCUT2D eigenvalue weighted by atomic mass is 10.2. The molecule has 4 nitrogen and oxygen atoms in total. The Kier molecular flexibility index (Phi) is 4.00. The molecule has 0 unspecified atom stereocenters. The molecule has 14 heavy (non-hydrogen) atoms. The zero-order valence-electron chi connectivity index (χ0n) is 8.00. The van der Waals surface area contributed by atoms with Crippen LogP contribution in [-0.2, 0) is 6.54 Å². The highest BCUT2D eigenvalue weighted by Gasteiger charge is 2.10. The van der Waals surface area contributed by atoms with Crippen LogP contribution in [0.25, 0.3) is 0 Å². The monoisotopic (exact) mass is 217 g/mol. The van der Waals surface area contributed by atoms with Gasteiger partial charge in [-0.05, 0) is 6.07 Å². The molecular formula is C9H12ClNO3. The summed E-state index contributed by atoms with van der Waals surface area (Å²) in [4.78, 5) is 0. The summed E-state index contributed by atoms with van der Waals surface area (Å²) in [5, 5.41) is 9.14. The van der Waals surface area contributed by atoms with Gasteiger partial charge in [-0.15, -0.1) is 0 Å². The minimum absolute atomic E-state index is 0.250. The van der Waals surface area contributed by atoms with E-state index < -0.39 is 0 Å². The SMILES string of the molecule is COc1cc(Cl)cc(CNO)c1OC. The maximum atomic E-state index is 8.60. The number of benzene rings is 1. The first kappa shape index (κ1) is 11.1. The fraction of sp³-hybridized carbons (Fsp3) is 0.333. The van der Waals surface area contributed by atoms with Gasteiger partial charge in [0, 0.05) is 23.2 Å². The third-order valence-electron chi connectivity index (χ3n) is 1.79. The van der Waals surface area contributed by atoms with E-state index in [4.69, 9.17) is 26.3 Å². The maximum absolute atomic E-state index is 8.60. The summed E-state index contributed by atoms with van der Waals surface area (Å²) < 4.78 is 10.2. The van der Waals surface area contributed by atoms with Crippen molar-refractivity contribution >= 4 is 11.6 Å². The quantitative estimate of drug-likeness (QED) is 0.756. The van der Waals surface area contributed by atoms with Gasteiger partial charge in [0.05, 0.1) is 14.2 Å².